The van der Waals surface area contributed by atoms with Crippen molar-refractivity contribution in [3.63, 3.8) is 0 Å². The van der Waals surface area contributed by atoms with Crippen LogP contribution in [-0.4, -0.2) is 37.5 Å². The average molecular weight is 314 g/mol. The van der Waals surface area contributed by atoms with Crippen LogP contribution in [0.4, 0.5) is 0 Å². The first-order valence-corrected chi connectivity index (χ1v) is 8.32. The number of carbonyl (C=O) groups excluding carboxylic acids is 1. The molecule has 1 heterocycles. The highest BCUT2D eigenvalue weighted by Gasteiger charge is 2.72. The van der Waals surface area contributed by atoms with E-state index in [1.165, 1.54) is 0 Å². The van der Waals surface area contributed by atoms with Crippen LogP contribution in [0.2, 0.25) is 0 Å². The lowest BCUT2D eigenvalue weighted by Gasteiger charge is -2.47. The fourth-order valence-electron chi connectivity index (χ4n) is 4.49. The van der Waals surface area contributed by atoms with Crippen LogP contribution in [0.15, 0.2) is 42.5 Å². The predicted octanol–water partition coefficient (Wildman–Crippen LogP) is 3.13. The highest BCUT2D eigenvalue weighted by Crippen LogP contribution is 2.63. The van der Waals surface area contributed by atoms with Gasteiger partial charge in [-0.05, 0) is 37.8 Å². The Balaban J connectivity index is 1.63. The van der Waals surface area contributed by atoms with Crippen molar-refractivity contribution < 1.29 is 19.0 Å². The Morgan fingerprint density at radius 3 is 2.96 bits per heavy atom. The standard InChI is InChI=1S/C19H22O4/c1-21-13-18-11-5-10-16-19(18,23-16)12-6-9-15(18)22-17(20)14-7-3-2-4-8-14/h2-5,7-8,11,15-16H,6,9-10,12-13H2,1H3/t15-,16-,18-,19-/m0/s1. The first-order chi connectivity index (χ1) is 11.2. The van der Waals surface area contributed by atoms with Crippen molar-refractivity contribution >= 4 is 5.97 Å². The number of benzene rings is 1. The molecule has 1 aliphatic heterocycles. The number of carbonyl (C=O) groups is 1. The largest absolute Gasteiger partial charge is 0.458 e. The van der Waals surface area contributed by atoms with Gasteiger partial charge in [0.15, 0.2) is 0 Å². The molecule has 0 amide bonds. The summed E-state index contributed by atoms with van der Waals surface area (Å²) in [6.07, 6.45) is 8.22. The van der Waals surface area contributed by atoms with Gasteiger partial charge in [0.05, 0.1) is 23.7 Å². The lowest BCUT2D eigenvalue weighted by Crippen LogP contribution is -2.56. The first-order valence-electron chi connectivity index (χ1n) is 8.32. The van der Waals surface area contributed by atoms with Crippen LogP contribution in [-0.2, 0) is 14.2 Å². The van der Waals surface area contributed by atoms with E-state index < -0.39 is 0 Å². The van der Waals surface area contributed by atoms with Crippen molar-refractivity contribution in [3.05, 3.63) is 48.0 Å². The Bertz CT molecular complexity index is 626. The zero-order chi connectivity index (χ0) is 15.9. The summed E-state index contributed by atoms with van der Waals surface area (Å²) in [4.78, 5) is 12.5. The molecule has 0 radical (unpaired) electrons. The van der Waals surface area contributed by atoms with E-state index in [0.717, 1.165) is 25.7 Å². The minimum absolute atomic E-state index is 0.197. The van der Waals surface area contributed by atoms with Gasteiger partial charge >= 0.3 is 5.97 Å². The van der Waals surface area contributed by atoms with Gasteiger partial charge < -0.3 is 14.2 Å². The van der Waals surface area contributed by atoms with E-state index in [4.69, 9.17) is 14.2 Å². The summed E-state index contributed by atoms with van der Waals surface area (Å²) in [5, 5.41) is 0. The van der Waals surface area contributed by atoms with Crippen molar-refractivity contribution in [2.75, 3.05) is 13.7 Å². The third-order valence-electron chi connectivity index (χ3n) is 5.60. The third kappa shape index (κ3) is 2.16. The molecule has 4 atom stereocenters. The molecule has 3 aliphatic rings. The Labute approximate surface area is 136 Å². The molecule has 1 aromatic carbocycles. The molecule has 1 spiro atoms. The molecule has 0 aromatic heterocycles. The molecule has 1 saturated carbocycles. The molecule has 122 valence electrons. The molecule has 0 N–H and O–H groups in total. The number of hydrogen-bond donors (Lipinski definition) is 0. The second-order valence-corrected chi connectivity index (χ2v) is 6.76. The molecule has 2 aliphatic carbocycles. The van der Waals surface area contributed by atoms with Gasteiger partial charge in [-0.2, -0.15) is 0 Å². The van der Waals surface area contributed by atoms with E-state index in [1.54, 1.807) is 19.2 Å². The molecule has 4 nitrogen and oxygen atoms in total. The third-order valence-corrected chi connectivity index (χ3v) is 5.60. The van der Waals surface area contributed by atoms with Gasteiger partial charge in [0, 0.05) is 7.11 Å². The Morgan fingerprint density at radius 2 is 2.17 bits per heavy atom. The van der Waals surface area contributed by atoms with Gasteiger partial charge in [-0.25, -0.2) is 4.79 Å². The van der Waals surface area contributed by atoms with E-state index in [2.05, 4.69) is 12.2 Å². The number of ether oxygens (including phenoxy) is 3. The Kier molecular flexibility index (Phi) is 3.54. The summed E-state index contributed by atoms with van der Waals surface area (Å²) in [5.41, 5.74) is 0.0399. The SMILES string of the molecule is COC[C@]12C=CC[C@@H]3O[C@@]31CCC[C@@H]2OC(=O)c1ccccc1. The van der Waals surface area contributed by atoms with Crippen molar-refractivity contribution in [2.45, 2.75) is 43.5 Å². The molecule has 23 heavy (non-hydrogen) atoms. The fraction of sp³-hybridized carbons (Fsp3) is 0.526. The van der Waals surface area contributed by atoms with Crippen LogP contribution in [0.25, 0.3) is 0 Å². The molecule has 0 bridgehead atoms. The summed E-state index contributed by atoms with van der Waals surface area (Å²) in [6, 6.07) is 9.17. The van der Waals surface area contributed by atoms with Crippen molar-refractivity contribution in [1.29, 1.82) is 0 Å². The van der Waals surface area contributed by atoms with Crippen LogP contribution in [0.3, 0.4) is 0 Å². The molecule has 2 fully saturated rings. The highest BCUT2D eigenvalue weighted by molar-refractivity contribution is 5.89. The smallest absolute Gasteiger partial charge is 0.338 e. The summed E-state index contributed by atoms with van der Waals surface area (Å²) in [5.74, 6) is -0.265. The van der Waals surface area contributed by atoms with Crippen LogP contribution in [0, 0.1) is 5.41 Å². The van der Waals surface area contributed by atoms with E-state index in [1.807, 2.05) is 18.2 Å². The lowest BCUT2D eigenvalue weighted by molar-refractivity contribution is -0.0875. The first kappa shape index (κ1) is 14.9. The molecular weight excluding hydrogens is 292 g/mol. The normalized spacial score (nSPS) is 37.6. The van der Waals surface area contributed by atoms with Crippen molar-refractivity contribution in [1.82, 2.24) is 0 Å². The Morgan fingerprint density at radius 1 is 1.35 bits per heavy atom. The van der Waals surface area contributed by atoms with Gasteiger partial charge in [-0.3, -0.25) is 0 Å². The van der Waals surface area contributed by atoms with E-state index in [0.29, 0.717) is 12.2 Å². The molecule has 4 rings (SSSR count). The lowest BCUT2D eigenvalue weighted by atomic mass is 9.60. The van der Waals surface area contributed by atoms with Gasteiger partial charge in [-0.1, -0.05) is 30.4 Å². The second kappa shape index (κ2) is 5.46. The average Bonchev–Trinajstić information content (AvgIpc) is 3.30. The van der Waals surface area contributed by atoms with Crippen molar-refractivity contribution in [3.8, 4) is 0 Å². The number of methoxy groups -OCH3 is 1. The Hall–Kier alpha value is -1.65. The maximum Gasteiger partial charge on any atom is 0.338 e. The topological polar surface area (TPSA) is 48.1 Å². The van der Waals surface area contributed by atoms with Crippen LogP contribution < -0.4 is 0 Å². The highest BCUT2D eigenvalue weighted by atomic mass is 16.6. The van der Waals surface area contributed by atoms with Crippen LogP contribution in [0.5, 0.6) is 0 Å². The van der Waals surface area contributed by atoms with Crippen molar-refractivity contribution in [2.24, 2.45) is 5.41 Å². The van der Waals surface area contributed by atoms with Gasteiger partial charge in [0.25, 0.3) is 0 Å². The van der Waals surface area contributed by atoms with E-state index in [9.17, 15) is 4.79 Å². The summed E-state index contributed by atoms with van der Waals surface area (Å²) >= 11 is 0. The number of hydrogen-bond acceptors (Lipinski definition) is 4. The zero-order valence-electron chi connectivity index (χ0n) is 13.4. The second-order valence-electron chi connectivity index (χ2n) is 6.76. The predicted molar refractivity (Wildman–Crippen MR) is 85.2 cm³/mol. The van der Waals surface area contributed by atoms with Gasteiger partial charge in [0.1, 0.15) is 11.7 Å². The van der Waals surface area contributed by atoms with Crippen LogP contribution >= 0.6 is 0 Å². The van der Waals surface area contributed by atoms with Gasteiger partial charge in [0.2, 0.25) is 0 Å². The maximum absolute atomic E-state index is 12.5. The fourth-order valence-corrected chi connectivity index (χ4v) is 4.49. The van der Waals surface area contributed by atoms with E-state index in [-0.39, 0.29) is 29.2 Å². The molecule has 1 aromatic rings. The molecular formula is C19H22O4. The summed E-state index contributed by atoms with van der Waals surface area (Å²) < 4.78 is 17.6. The minimum Gasteiger partial charge on any atom is -0.458 e. The number of rotatable bonds is 4. The van der Waals surface area contributed by atoms with E-state index >= 15 is 0 Å². The molecule has 0 unspecified atom stereocenters. The number of epoxide rings is 1. The quantitative estimate of drug-likeness (QED) is 0.487. The molecule has 4 heteroatoms. The maximum atomic E-state index is 12.5. The summed E-state index contributed by atoms with van der Waals surface area (Å²) in [7, 11) is 1.70. The monoisotopic (exact) mass is 314 g/mol. The zero-order valence-corrected chi connectivity index (χ0v) is 13.4. The summed E-state index contributed by atoms with van der Waals surface area (Å²) in [6.45, 7) is 0.521. The number of esters is 1. The van der Waals surface area contributed by atoms with Gasteiger partial charge in [-0.15, -0.1) is 0 Å². The molecule has 1 saturated heterocycles. The minimum atomic E-state index is -0.354. The van der Waals surface area contributed by atoms with Crippen LogP contribution in [0.1, 0.15) is 36.0 Å².